The molecule has 4 nitrogen and oxygen atoms in total. The van der Waals surface area contributed by atoms with E-state index >= 15 is 0 Å². The van der Waals surface area contributed by atoms with Gasteiger partial charge >= 0.3 is 0 Å². The van der Waals surface area contributed by atoms with Crippen molar-refractivity contribution in [1.82, 2.24) is 9.78 Å². The fourth-order valence-electron chi connectivity index (χ4n) is 2.26. The van der Waals surface area contributed by atoms with Crippen LogP contribution in [0.5, 0.6) is 0 Å². The second kappa shape index (κ2) is 5.89. The van der Waals surface area contributed by atoms with Crippen LogP contribution in [0.1, 0.15) is 32.1 Å². The van der Waals surface area contributed by atoms with E-state index < -0.39 is 0 Å². The summed E-state index contributed by atoms with van der Waals surface area (Å²) in [6, 6.07) is 1.81. The number of nitrogens with two attached hydrogens (primary N) is 1. The highest BCUT2D eigenvalue weighted by molar-refractivity contribution is 5.23. The Hall–Kier alpha value is -1.03. The average molecular weight is 223 g/mol. The second-order valence-electron chi connectivity index (χ2n) is 4.58. The molecule has 0 aromatic carbocycles. The summed E-state index contributed by atoms with van der Waals surface area (Å²) in [5, 5.41) is 4.11. The van der Waals surface area contributed by atoms with Crippen LogP contribution in [0.15, 0.2) is 12.3 Å². The molecule has 0 saturated heterocycles. The maximum Gasteiger partial charge on any atom is 0.145 e. The van der Waals surface area contributed by atoms with E-state index in [4.69, 9.17) is 10.5 Å². The van der Waals surface area contributed by atoms with Crippen molar-refractivity contribution in [3.8, 4) is 0 Å². The summed E-state index contributed by atoms with van der Waals surface area (Å²) in [5.41, 5.74) is 5.53. The molecule has 1 aromatic heterocycles. The van der Waals surface area contributed by atoms with Gasteiger partial charge in [0.1, 0.15) is 5.82 Å². The van der Waals surface area contributed by atoms with Crippen molar-refractivity contribution >= 4 is 5.82 Å². The molecule has 1 aliphatic rings. The summed E-state index contributed by atoms with van der Waals surface area (Å²) in [6.45, 7) is 2.44. The minimum absolute atomic E-state index is 0.576. The van der Waals surface area contributed by atoms with Gasteiger partial charge in [0.2, 0.25) is 0 Å². The van der Waals surface area contributed by atoms with Crippen LogP contribution < -0.4 is 5.73 Å². The van der Waals surface area contributed by atoms with Gasteiger partial charge < -0.3 is 10.5 Å². The van der Waals surface area contributed by atoms with Gasteiger partial charge in [-0.25, -0.2) is 0 Å². The van der Waals surface area contributed by atoms with Crippen LogP contribution in [0.2, 0.25) is 0 Å². The number of nitrogens with zero attached hydrogens (tertiary/aromatic N) is 2. The van der Waals surface area contributed by atoms with Gasteiger partial charge in [-0.15, -0.1) is 0 Å². The Morgan fingerprint density at radius 1 is 1.38 bits per heavy atom. The van der Waals surface area contributed by atoms with Crippen molar-refractivity contribution in [2.75, 3.05) is 18.9 Å². The van der Waals surface area contributed by atoms with Crippen LogP contribution in [0.4, 0.5) is 5.82 Å². The standard InChI is InChI=1S/C12H21N3O/c13-12-6-7-15(14-12)8-9-16-10-11-4-2-1-3-5-11/h6-7,11H,1-5,8-10H2,(H2,13,14). The van der Waals surface area contributed by atoms with Gasteiger partial charge in [-0.05, 0) is 24.8 Å². The van der Waals surface area contributed by atoms with E-state index in [-0.39, 0.29) is 0 Å². The zero-order chi connectivity index (χ0) is 11.2. The topological polar surface area (TPSA) is 53.1 Å². The van der Waals surface area contributed by atoms with E-state index in [0.717, 1.165) is 25.7 Å². The Morgan fingerprint density at radius 2 is 2.19 bits per heavy atom. The summed E-state index contributed by atoms with van der Waals surface area (Å²) in [6.07, 6.45) is 8.74. The Balaban J connectivity index is 1.57. The summed E-state index contributed by atoms with van der Waals surface area (Å²) in [4.78, 5) is 0. The number of aromatic nitrogens is 2. The quantitative estimate of drug-likeness (QED) is 0.777. The van der Waals surface area contributed by atoms with E-state index in [1.54, 1.807) is 6.07 Å². The predicted molar refractivity (Wildman–Crippen MR) is 64.0 cm³/mol. The minimum Gasteiger partial charge on any atom is -0.382 e. The van der Waals surface area contributed by atoms with Crippen molar-refractivity contribution in [2.24, 2.45) is 5.92 Å². The average Bonchev–Trinajstić information content (AvgIpc) is 2.72. The van der Waals surface area contributed by atoms with Crippen LogP contribution in [0.25, 0.3) is 0 Å². The molecule has 4 heteroatoms. The predicted octanol–water partition coefficient (Wildman–Crippen LogP) is 2.06. The lowest BCUT2D eigenvalue weighted by molar-refractivity contribution is 0.0782. The van der Waals surface area contributed by atoms with Gasteiger partial charge in [0, 0.05) is 12.8 Å². The molecule has 0 amide bonds. The SMILES string of the molecule is Nc1ccn(CCOCC2CCCCC2)n1. The van der Waals surface area contributed by atoms with Crippen molar-refractivity contribution < 1.29 is 4.74 Å². The molecule has 2 N–H and O–H groups in total. The number of rotatable bonds is 5. The highest BCUT2D eigenvalue weighted by Crippen LogP contribution is 2.23. The molecular weight excluding hydrogens is 202 g/mol. The molecule has 2 rings (SSSR count). The second-order valence-corrected chi connectivity index (χ2v) is 4.58. The zero-order valence-electron chi connectivity index (χ0n) is 9.77. The number of nitrogen functional groups attached to an aromatic ring is 1. The molecule has 0 spiro atoms. The first-order valence-corrected chi connectivity index (χ1v) is 6.21. The lowest BCUT2D eigenvalue weighted by atomic mass is 9.90. The fraction of sp³-hybridized carbons (Fsp3) is 0.750. The third-order valence-corrected chi connectivity index (χ3v) is 3.20. The van der Waals surface area contributed by atoms with Gasteiger partial charge in [-0.2, -0.15) is 5.10 Å². The molecule has 1 fully saturated rings. The van der Waals surface area contributed by atoms with E-state index in [9.17, 15) is 0 Å². The van der Waals surface area contributed by atoms with Crippen molar-refractivity contribution in [2.45, 2.75) is 38.6 Å². The first kappa shape index (κ1) is 11.5. The summed E-state index contributed by atoms with van der Waals surface area (Å²) >= 11 is 0. The van der Waals surface area contributed by atoms with E-state index in [0.29, 0.717) is 5.82 Å². The number of ether oxygens (including phenoxy) is 1. The molecule has 0 bridgehead atoms. The van der Waals surface area contributed by atoms with Crippen LogP contribution in [-0.4, -0.2) is 23.0 Å². The maximum atomic E-state index is 5.68. The molecule has 0 atom stereocenters. The van der Waals surface area contributed by atoms with Gasteiger partial charge in [0.05, 0.1) is 13.2 Å². The highest BCUT2D eigenvalue weighted by atomic mass is 16.5. The molecule has 1 heterocycles. The molecule has 1 aliphatic carbocycles. The van der Waals surface area contributed by atoms with E-state index in [1.807, 2.05) is 10.9 Å². The van der Waals surface area contributed by atoms with Gasteiger partial charge in [-0.3, -0.25) is 4.68 Å². The molecular formula is C12H21N3O. The molecule has 90 valence electrons. The van der Waals surface area contributed by atoms with Gasteiger partial charge in [-0.1, -0.05) is 19.3 Å². The summed E-state index contributed by atoms with van der Waals surface area (Å²) < 4.78 is 7.51. The molecule has 1 saturated carbocycles. The third kappa shape index (κ3) is 3.52. The third-order valence-electron chi connectivity index (χ3n) is 3.20. The van der Waals surface area contributed by atoms with E-state index in [1.165, 1.54) is 32.1 Å². The summed E-state index contributed by atoms with van der Waals surface area (Å²) in [7, 11) is 0. The molecule has 0 unspecified atom stereocenters. The van der Waals surface area contributed by atoms with Crippen molar-refractivity contribution in [3.63, 3.8) is 0 Å². The first-order valence-electron chi connectivity index (χ1n) is 6.21. The van der Waals surface area contributed by atoms with E-state index in [2.05, 4.69) is 5.10 Å². The van der Waals surface area contributed by atoms with Gasteiger partial charge in [0.15, 0.2) is 0 Å². The highest BCUT2D eigenvalue weighted by Gasteiger charge is 2.12. The molecule has 16 heavy (non-hydrogen) atoms. The fourth-order valence-corrected chi connectivity index (χ4v) is 2.26. The van der Waals surface area contributed by atoms with Crippen LogP contribution in [-0.2, 0) is 11.3 Å². The number of hydrogen-bond acceptors (Lipinski definition) is 3. The number of anilines is 1. The largest absolute Gasteiger partial charge is 0.382 e. The maximum absolute atomic E-state index is 5.68. The van der Waals surface area contributed by atoms with Crippen molar-refractivity contribution in [1.29, 1.82) is 0 Å². The summed E-state index contributed by atoms with van der Waals surface area (Å²) in [5.74, 6) is 1.36. The Bertz CT molecular complexity index is 305. The number of hydrogen-bond donors (Lipinski definition) is 1. The molecule has 0 radical (unpaired) electrons. The smallest absolute Gasteiger partial charge is 0.145 e. The first-order chi connectivity index (χ1) is 7.84. The monoisotopic (exact) mass is 223 g/mol. The molecule has 0 aliphatic heterocycles. The van der Waals surface area contributed by atoms with Crippen molar-refractivity contribution in [3.05, 3.63) is 12.3 Å². The lowest BCUT2D eigenvalue weighted by Gasteiger charge is -2.21. The van der Waals surface area contributed by atoms with Crippen LogP contribution in [0.3, 0.4) is 0 Å². The van der Waals surface area contributed by atoms with Crippen LogP contribution >= 0.6 is 0 Å². The Kier molecular flexibility index (Phi) is 4.22. The van der Waals surface area contributed by atoms with Gasteiger partial charge in [0.25, 0.3) is 0 Å². The Labute approximate surface area is 96.8 Å². The Morgan fingerprint density at radius 3 is 2.88 bits per heavy atom. The van der Waals surface area contributed by atoms with Crippen LogP contribution in [0, 0.1) is 5.92 Å². The zero-order valence-corrected chi connectivity index (χ0v) is 9.77. The minimum atomic E-state index is 0.576. The normalized spacial score (nSPS) is 17.8. The molecule has 1 aromatic rings. The lowest BCUT2D eigenvalue weighted by Crippen LogP contribution is -2.15.